The summed E-state index contributed by atoms with van der Waals surface area (Å²) in [5.74, 6) is -3.25. The van der Waals surface area contributed by atoms with Gasteiger partial charge in [0.15, 0.2) is 0 Å². The molecule has 0 saturated heterocycles. The van der Waals surface area contributed by atoms with Crippen LogP contribution in [0.5, 0.6) is 5.75 Å². The van der Waals surface area contributed by atoms with Crippen molar-refractivity contribution in [3.63, 3.8) is 0 Å². The number of carbonyl (C=O) groups excluding carboxylic acids is 2. The molecule has 0 aliphatic heterocycles. The van der Waals surface area contributed by atoms with Crippen LogP contribution in [-0.4, -0.2) is 28.3 Å². The zero-order valence-corrected chi connectivity index (χ0v) is 16.3. The van der Waals surface area contributed by atoms with Gasteiger partial charge in [0.1, 0.15) is 12.4 Å². The molecule has 21 heavy (non-hydrogen) atoms. The van der Waals surface area contributed by atoms with Crippen LogP contribution < -0.4 is 74.1 Å². The van der Waals surface area contributed by atoms with Gasteiger partial charge in [-0.15, -0.1) is 0 Å². The number of aliphatic carboxylic acids is 1. The first-order chi connectivity index (χ1) is 8.67. The van der Waals surface area contributed by atoms with Crippen molar-refractivity contribution < 1.29 is 98.0 Å². The van der Waals surface area contributed by atoms with Gasteiger partial charge >= 0.3 is 66.7 Å². The van der Waals surface area contributed by atoms with Gasteiger partial charge in [0.05, 0.1) is 18.1 Å². The van der Waals surface area contributed by atoms with E-state index in [1.807, 2.05) is 0 Å². The van der Waals surface area contributed by atoms with E-state index in [2.05, 4.69) is 0 Å². The van der Waals surface area contributed by atoms with Gasteiger partial charge in [-0.3, -0.25) is 4.57 Å². The number of carboxylic acids is 2. The molecule has 0 aromatic heterocycles. The molecule has 0 heterocycles. The fourth-order valence-electron chi connectivity index (χ4n) is 1.33. The summed E-state index contributed by atoms with van der Waals surface area (Å²) in [6, 6.07) is 3.14. The van der Waals surface area contributed by atoms with Crippen molar-refractivity contribution in [3.8, 4) is 5.75 Å². The Balaban J connectivity index is 0. The van der Waals surface area contributed by atoms with Crippen LogP contribution in [0, 0.1) is 0 Å². The molecule has 0 fully saturated rings. The van der Waals surface area contributed by atoms with Crippen molar-refractivity contribution in [1.82, 2.24) is 0 Å². The number of carboxylic acid groups (broad SMARTS) is 2. The van der Waals surface area contributed by atoms with Gasteiger partial charge in [0.2, 0.25) is 0 Å². The molecule has 1 aromatic carbocycles. The Morgan fingerprint density at radius 3 is 2.14 bits per heavy atom. The van der Waals surface area contributed by atoms with Crippen LogP contribution in [0.25, 0.3) is 0 Å². The quantitative estimate of drug-likeness (QED) is 0.385. The molecule has 104 valence electrons. The van der Waals surface area contributed by atoms with Crippen LogP contribution in [0.2, 0.25) is 0 Å². The third-order valence-electron chi connectivity index (χ3n) is 1.95. The number of ether oxygens (including phenoxy) is 1. The minimum Gasteiger partial charge on any atom is -0.546 e. The Bertz CT molecular complexity index is 556. The maximum absolute atomic E-state index is 10.8. The van der Waals surface area contributed by atoms with Gasteiger partial charge in [0, 0.05) is 5.56 Å². The third-order valence-corrected chi connectivity index (χ3v) is 2.72. The fourth-order valence-corrected chi connectivity index (χ4v) is 1.99. The SMILES string of the molecule is O=C([O-])COc1cc(CP(=O)(O)O)cc(C(=O)[O-])c1.[Na+].[Na+]. The van der Waals surface area contributed by atoms with Crippen LogP contribution in [-0.2, 0) is 15.5 Å². The van der Waals surface area contributed by atoms with E-state index < -0.39 is 32.3 Å². The van der Waals surface area contributed by atoms with Gasteiger partial charge in [-0.2, -0.15) is 0 Å². The molecule has 2 N–H and O–H groups in total. The molecule has 0 radical (unpaired) electrons. The Labute approximate surface area is 164 Å². The van der Waals surface area contributed by atoms with Gasteiger partial charge in [0.25, 0.3) is 0 Å². The number of rotatable bonds is 6. The minimum absolute atomic E-state index is 0. The molecule has 0 spiro atoms. The molecule has 8 nitrogen and oxygen atoms in total. The molecular weight excluding hydrogens is 325 g/mol. The first-order valence-electron chi connectivity index (χ1n) is 4.90. The summed E-state index contributed by atoms with van der Waals surface area (Å²) in [6.07, 6.45) is -0.699. The molecule has 1 rings (SSSR count). The van der Waals surface area contributed by atoms with Gasteiger partial charge in [-0.05, 0) is 23.8 Å². The molecule has 11 heteroatoms. The van der Waals surface area contributed by atoms with E-state index in [-0.39, 0.29) is 76.0 Å². The van der Waals surface area contributed by atoms with Crippen LogP contribution >= 0.6 is 7.60 Å². The summed E-state index contributed by atoms with van der Waals surface area (Å²) in [6.45, 7) is -0.814. The number of hydrogen-bond acceptors (Lipinski definition) is 6. The minimum atomic E-state index is -4.39. The summed E-state index contributed by atoms with van der Waals surface area (Å²) in [5, 5.41) is 20.9. The monoisotopic (exact) mass is 334 g/mol. The topological polar surface area (TPSA) is 147 Å². The summed E-state index contributed by atoms with van der Waals surface area (Å²) in [4.78, 5) is 38.6. The second kappa shape index (κ2) is 9.99. The smallest absolute Gasteiger partial charge is 0.546 e. The fraction of sp³-hybridized carbons (Fsp3) is 0.200. The first kappa shape index (κ1) is 23.4. The van der Waals surface area contributed by atoms with Gasteiger partial charge in [-0.25, -0.2) is 0 Å². The predicted molar refractivity (Wildman–Crippen MR) is 57.0 cm³/mol. The summed E-state index contributed by atoms with van der Waals surface area (Å²) in [7, 11) is -4.39. The number of carbonyl (C=O) groups is 2. The zero-order chi connectivity index (χ0) is 14.6. The van der Waals surface area contributed by atoms with E-state index in [0.29, 0.717) is 0 Å². The van der Waals surface area contributed by atoms with Crippen molar-refractivity contribution in [2.75, 3.05) is 6.61 Å². The average molecular weight is 334 g/mol. The van der Waals surface area contributed by atoms with E-state index in [1.54, 1.807) is 0 Å². The van der Waals surface area contributed by atoms with Gasteiger partial charge in [-0.1, -0.05) is 0 Å². The molecule has 0 bridgehead atoms. The molecule has 0 saturated carbocycles. The third kappa shape index (κ3) is 9.67. The van der Waals surface area contributed by atoms with Crippen molar-refractivity contribution >= 4 is 19.5 Å². The maximum atomic E-state index is 10.8. The number of hydrogen-bond donors (Lipinski definition) is 2. The van der Waals surface area contributed by atoms with E-state index in [9.17, 15) is 24.4 Å². The molecule has 1 aromatic rings. The molecule has 0 atom stereocenters. The van der Waals surface area contributed by atoms with E-state index in [1.165, 1.54) is 0 Å². The maximum Gasteiger partial charge on any atom is 1.00 e. The van der Waals surface area contributed by atoms with E-state index in [4.69, 9.17) is 14.5 Å². The second-order valence-electron chi connectivity index (χ2n) is 3.64. The van der Waals surface area contributed by atoms with Crippen LogP contribution in [0.15, 0.2) is 18.2 Å². The van der Waals surface area contributed by atoms with E-state index >= 15 is 0 Å². The largest absolute Gasteiger partial charge is 1.00 e. The zero-order valence-electron chi connectivity index (χ0n) is 11.4. The molecule has 0 aliphatic carbocycles. The van der Waals surface area contributed by atoms with Crippen molar-refractivity contribution in [3.05, 3.63) is 29.3 Å². The van der Waals surface area contributed by atoms with E-state index in [0.717, 1.165) is 18.2 Å². The molecule has 0 amide bonds. The molecular formula is C10H9Na2O8P. The number of aromatic carboxylic acids is 1. The van der Waals surface area contributed by atoms with Gasteiger partial charge < -0.3 is 34.3 Å². The van der Waals surface area contributed by atoms with Crippen LogP contribution in [0.1, 0.15) is 15.9 Å². The number of benzene rings is 1. The van der Waals surface area contributed by atoms with Crippen LogP contribution in [0.3, 0.4) is 0 Å². The summed E-state index contributed by atoms with van der Waals surface area (Å²) in [5.41, 5.74) is -0.386. The molecule has 0 aliphatic rings. The van der Waals surface area contributed by atoms with Crippen molar-refractivity contribution in [1.29, 1.82) is 0 Å². The first-order valence-corrected chi connectivity index (χ1v) is 6.69. The Kier molecular flexibility index (Phi) is 11.1. The average Bonchev–Trinajstić information content (AvgIpc) is 2.23. The Hall–Kier alpha value is 0.110. The predicted octanol–water partition coefficient (Wildman–Crippen LogP) is -8.14. The van der Waals surface area contributed by atoms with Crippen molar-refractivity contribution in [2.45, 2.75) is 6.16 Å². The molecule has 0 unspecified atom stereocenters. The Morgan fingerprint density at radius 2 is 1.71 bits per heavy atom. The summed E-state index contributed by atoms with van der Waals surface area (Å²) >= 11 is 0. The van der Waals surface area contributed by atoms with Crippen molar-refractivity contribution in [2.24, 2.45) is 0 Å². The second-order valence-corrected chi connectivity index (χ2v) is 5.28. The Morgan fingerprint density at radius 1 is 1.14 bits per heavy atom. The normalized spacial score (nSPS) is 10.0. The summed E-state index contributed by atoms with van der Waals surface area (Å²) < 4.78 is 15.6. The standard InChI is InChI=1S/C10H11O8P.2Na/c11-9(12)4-18-8-2-6(5-19(15,16)17)1-7(3-8)10(13)14;;/h1-3H,4-5H2,(H,11,12)(H,13,14)(H2,15,16,17);;/q;2*+1/p-2. The van der Waals surface area contributed by atoms with Crippen LogP contribution in [0.4, 0.5) is 0 Å².